The first-order valence-corrected chi connectivity index (χ1v) is 9.89. The smallest absolute Gasteiger partial charge is 0.126 e. The third-order valence-electron chi connectivity index (χ3n) is 5.54. The van der Waals surface area contributed by atoms with Gasteiger partial charge in [-0.1, -0.05) is 63.3 Å². The summed E-state index contributed by atoms with van der Waals surface area (Å²) in [5.74, 6) is 3.64. The van der Waals surface area contributed by atoms with Crippen LogP contribution in [0.15, 0.2) is 66.5 Å². The van der Waals surface area contributed by atoms with E-state index in [0.29, 0.717) is 11.8 Å². The summed E-state index contributed by atoms with van der Waals surface area (Å²) in [5.41, 5.74) is 0.189. The Morgan fingerprint density at radius 3 is 2.58 bits per heavy atom. The van der Waals surface area contributed by atoms with Crippen molar-refractivity contribution in [3.05, 3.63) is 66.5 Å². The quantitative estimate of drug-likeness (QED) is 0.546. The molecule has 0 aliphatic heterocycles. The van der Waals surface area contributed by atoms with Crippen LogP contribution in [0.3, 0.4) is 0 Å². The zero-order chi connectivity index (χ0) is 18.4. The molecule has 0 radical (unpaired) electrons. The molecule has 3 atom stereocenters. The van der Waals surface area contributed by atoms with Crippen LogP contribution < -0.4 is 4.74 Å². The van der Waals surface area contributed by atoms with Gasteiger partial charge in [-0.05, 0) is 48.3 Å². The van der Waals surface area contributed by atoms with Gasteiger partial charge in [0.1, 0.15) is 11.5 Å². The van der Waals surface area contributed by atoms with Crippen molar-refractivity contribution in [3.8, 4) is 5.75 Å². The van der Waals surface area contributed by atoms with Crippen molar-refractivity contribution in [1.82, 2.24) is 0 Å². The summed E-state index contributed by atoms with van der Waals surface area (Å²) >= 11 is 0. The van der Waals surface area contributed by atoms with E-state index in [4.69, 9.17) is 9.47 Å². The average molecular weight is 353 g/mol. The molecular weight excluding hydrogens is 320 g/mol. The molecule has 140 valence electrons. The van der Waals surface area contributed by atoms with Gasteiger partial charge in [-0.25, -0.2) is 0 Å². The van der Waals surface area contributed by atoms with E-state index >= 15 is 0 Å². The average Bonchev–Trinajstić information content (AvgIpc) is 2.63. The minimum absolute atomic E-state index is 0.189. The Bertz CT molecular complexity index is 654. The lowest BCUT2D eigenvalue weighted by atomic mass is 9.73. The molecule has 2 heteroatoms. The zero-order valence-electron chi connectivity index (χ0n) is 16.4. The molecule has 26 heavy (non-hydrogen) atoms. The molecule has 2 nitrogen and oxygen atoms in total. The summed E-state index contributed by atoms with van der Waals surface area (Å²) in [4.78, 5) is 0. The summed E-state index contributed by atoms with van der Waals surface area (Å²) in [6.07, 6.45) is 14.6. The summed E-state index contributed by atoms with van der Waals surface area (Å²) in [6.45, 7) is 8.52. The zero-order valence-corrected chi connectivity index (χ0v) is 16.4. The third kappa shape index (κ3) is 5.35. The van der Waals surface area contributed by atoms with Crippen molar-refractivity contribution < 1.29 is 9.47 Å². The van der Waals surface area contributed by atoms with Gasteiger partial charge in [0, 0.05) is 12.3 Å². The molecule has 1 aromatic rings. The van der Waals surface area contributed by atoms with Gasteiger partial charge in [0.25, 0.3) is 0 Å². The number of hydrogen-bond donors (Lipinski definition) is 0. The minimum Gasteiger partial charge on any atom is -0.462 e. The maximum Gasteiger partial charge on any atom is 0.126 e. The first kappa shape index (κ1) is 19.0. The van der Waals surface area contributed by atoms with E-state index < -0.39 is 0 Å². The predicted molar refractivity (Wildman–Crippen MR) is 108 cm³/mol. The number of ether oxygens (including phenoxy) is 2. The van der Waals surface area contributed by atoms with Gasteiger partial charge in [0.15, 0.2) is 0 Å². The summed E-state index contributed by atoms with van der Waals surface area (Å²) in [5, 5.41) is 0. The van der Waals surface area contributed by atoms with Gasteiger partial charge in [0.05, 0.1) is 13.2 Å². The fourth-order valence-electron chi connectivity index (χ4n) is 3.73. The van der Waals surface area contributed by atoms with E-state index in [1.165, 1.54) is 12.8 Å². The first-order valence-electron chi connectivity index (χ1n) is 9.89. The van der Waals surface area contributed by atoms with Crippen molar-refractivity contribution >= 4 is 0 Å². The highest BCUT2D eigenvalue weighted by atomic mass is 16.5. The van der Waals surface area contributed by atoms with Crippen LogP contribution in [0.2, 0.25) is 0 Å². The molecule has 1 aromatic carbocycles. The number of benzene rings is 1. The number of para-hydroxylation sites is 1. The van der Waals surface area contributed by atoms with Crippen molar-refractivity contribution in [2.45, 2.75) is 40.0 Å². The molecule has 0 N–H and O–H groups in total. The molecular formula is C24H32O2. The van der Waals surface area contributed by atoms with Crippen molar-refractivity contribution in [3.63, 3.8) is 0 Å². The summed E-state index contributed by atoms with van der Waals surface area (Å²) in [7, 11) is 0. The Morgan fingerprint density at radius 1 is 1.04 bits per heavy atom. The van der Waals surface area contributed by atoms with Crippen LogP contribution in [-0.2, 0) is 4.74 Å². The van der Waals surface area contributed by atoms with Crippen LogP contribution in [0.4, 0.5) is 0 Å². The topological polar surface area (TPSA) is 18.5 Å². The Labute approximate surface area is 158 Å². The third-order valence-corrected chi connectivity index (χ3v) is 5.54. The van der Waals surface area contributed by atoms with Gasteiger partial charge in [-0.2, -0.15) is 0 Å². The van der Waals surface area contributed by atoms with Gasteiger partial charge in [-0.3, -0.25) is 0 Å². The predicted octanol–water partition coefficient (Wildman–Crippen LogP) is 6.17. The van der Waals surface area contributed by atoms with Crippen molar-refractivity contribution in [2.75, 3.05) is 13.2 Å². The normalized spacial score (nSPS) is 25.8. The Hall–Kier alpha value is -1.80. The fraction of sp³-hybridized carbons (Fsp3) is 0.500. The molecule has 0 saturated carbocycles. The van der Waals surface area contributed by atoms with Crippen LogP contribution in [0, 0.1) is 23.2 Å². The molecule has 2 aliphatic carbocycles. The van der Waals surface area contributed by atoms with Gasteiger partial charge < -0.3 is 9.47 Å². The van der Waals surface area contributed by atoms with E-state index in [2.05, 4.69) is 51.2 Å². The number of hydrogen-bond acceptors (Lipinski definition) is 2. The molecule has 0 amide bonds. The van der Waals surface area contributed by atoms with Crippen LogP contribution in [0.25, 0.3) is 0 Å². The van der Waals surface area contributed by atoms with Gasteiger partial charge in [-0.15, -0.1) is 0 Å². The van der Waals surface area contributed by atoms with E-state index in [0.717, 1.165) is 37.1 Å². The van der Waals surface area contributed by atoms with Gasteiger partial charge in [0.2, 0.25) is 0 Å². The van der Waals surface area contributed by atoms with Crippen LogP contribution in [0.5, 0.6) is 5.75 Å². The highest BCUT2D eigenvalue weighted by Gasteiger charge is 2.30. The van der Waals surface area contributed by atoms with Crippen molar-refractivity contribution in [2.24, 2.45) is 23.2 Å². The summed E-state index contributed by atoms with van der Waals surface area (Å²) in [6, 6.07) is 9.98. The second kappa shape index (κ2) is 8.73. The maximum absolute atomic E-state index is 6.15. The lowest BCUT2D eigenvalue weighted by molar-refractivity contribution is 0.0235. The Morgan fingerprint density at radius 2 is 1.85 bits per heavy atom. The first-order chi connectivity index (χ1) is 12.5. The van der Waals surface area contributed by atoms with E-state index in [9.17, 15) is 0 Å². The standard InChI is InChI=1S/C24H32O2/c1-19-12-14-21(15-13-19)24(2,3)18-25-17-20-8-7-11-23(16-20)26-22-9-5-4-6-10-22/h4-12,14,19-21H,13,15-18H2,1-3H3. The second-order valence-corrected chi connectivity index (χ2v) is 8.45. The van der Waals surface area contributed by atoms with E-state index in [1.54, 1.807) is 0 Å². The maximum atomic E-state index is 6.15. The molecule has 3 unspecified atom stereocenters. The monoisotopic (exact) mass is 352 g/mol. The SMILES string of the molecule is CC1C=CC(C(C)(C)COCC2C=CC=C(Oc3ccccc3)C2)CC1. The van der Waals surface area contributed by atoms with Crippen LogP contribution >= 0.6 is 0 Å². The molecule has 0 aromatic heterocycles. The molecule has 0 heterocycles. The van der Waals surface area contributed by atoms with Crippen LogP contribution in [0.1, 0.15) is 40.0 Å². The largest absolute Gasteiger partial charge is 0.462 e. The van der Waals surface area contributed by atoms with E-state index in [-0.39, 0.29) is 5.41 Å². The summed E-state index contributed by atoms with van der Waals surface area (Å²) < 4.78 is 12.1. The van der Waals surface area contributed by atoms with Crippen LogP contribution in [-0.4, -0.2) is 13.2 Å². The lowest BCUT2D eigenvalue weighted by Crippen LogP contribution is -2.31. The molecule has 0 bridgehead atoms. The molecule has 0 saturated heterocycles. The number of rotatable bonds is 7. The molecule has 0 spiro atoms. The molecule has 2 aliphatic rings. The Kier molecular flexibility index (Phi) is 6.37. The number of allylic oxidation sites excluding steroid dienone is 5. The van der Waals surface area contributed by atoms with Crippen molar-refractivity contribution in [1.29, 1.82) is 0 Å². The minimum atomic E-state index is 0.189. The highest BCUT2D eigenvalue weighted by molar-refractivity contribution is 5.26. The fourth-order valence-corrected chi connectivity index (χ4v) is 3.73. The second-order valence-electron chi connectivity index (χ2n) is 8.45. The molecule has 3 rings (SSSR count). The highest BCUT2D eigenvalue weighted by Crippen LogP contribution is 2.36. The Balaban J connectivity index is 1.44. The van der Waals surface area contributed by atoms with E-state index in [1.807, 2.05) is 30.3 Å². The molecule has 0 fully saturated rings. The lowest BCUT2D eigenvalue weighted by Gasteiger charge is -2.35. The van der Waals surface area contributed by atoms with Gasteiger partial charge >= 0.3 is 0 Å².